The first kappa shape index (κ1) is 14.1. The molecule has 1 aliphatic carbocycles. The number of nitrogens with zero attached hydrogens (tertiary/aromatic N) is 2. The topological polar surface area (TPSA) is 41.6 Å². The highest BCUT2D eigenvalue weighted by Crippen LogP contribution is 2.48. The SMILES string of the molecule is NC(=NCC1(c2cccc(Cl)c2)CC1)N1CCSCC1. The molecule has 2 N–H and O–H groups in total. The van der Waals surface area contributed by atoms with Gasteiger partial charge in [0, 0.05) is 35.0 Å². The van der Waals surface area contributed by atoms with Gasteiger partial charge < -0.3 is 10.6 Å². The number of guanidine groups is 1. The molecule has 0 bridgehead atoms. The lowest BCUT2D eigenvalue weighted by Gasteiger charge is -2.27. The lowest BCUT2D eigenvalue weighted by molar-refractivity contribution is 0.454. The van der Waals surface area contributed by atoms with Crippen molar-refractivity contribution in [2.75, 3.05) is 31.1 Å². The van der Waals surface area contributed by atoms with Gasteiger partial charge in [0.1, 0.15) is 0 Å². The van der Waals surface area contributed by atoms with Crippen LogP contribution in [-0.4, -0.2) is 42.0 Å². The summed E-state index contributed by atoms with van der Waals surface area (Å²) in [5, 5.41) is 0.804. The third kappa shape index (κ3) is 3.07. The zero-order valence-corrected chi connectivity index (χ0v) is 13.1. The van der Waals surface area contributed by atoms with Gasteiger partial charge in [0.05, 0.1) is 6.54 Å². The van der Waals surface area contributed by atoms with Crippen LogP contribution in [0.25, 0.3) is 0 Å². The molecule has 1 saturated heterocycles. The lowest BCUT2D eigenvalue weighted by Crippen LogP contribution is -2.43. The van der Waals surface area contributed by atoms with Crippen LogP contribution in [-0.2, 0) is 5.41 Å². The Kier molecular flexibility index (Phi) is 4.13. The standard InChI is InChI=1S/C15H20ClN3S/c16-13-3-1-2-12(10-13)15(4-5-15)11-18-14(17)19-6-8-20-9-7-19/h1-3,10H,4-9,11H2,(H2,17,18). The first-order chi connectivity index (χ1) is 9.70. The molecular formula is C15H20ClN3S. The highest BCUT2D eigenvalue weighted by molar-refractivity contribution is 7.99. The van der Waals surface area contributed by atoms with Gasteiger partial charge in [0.2, 0.25) is 0 Å². The van der Waals surface area contributed by atoms with E-state index in [1.54, 1.807) is 0 Å². The van der Waals surface area contributed by atoms with Crippen molar-refractivity contribution in [1.82, 2.24) is 4.90 Å². The fraction of sp³-hybridized carbons (Fsp3) is 0.533. The summed E-state index contributed by atoms with van der Waals surface area (Å²) in [5.74, 6) is 3.00. The minimum atomic E-state index is 0.181. The van der Waals surface area contributed by atoms with Crippen molar-refractivity contribution in [1.29, 1.82) is 0 Å². The van der Waals surface area contributed by atoms with Gasteiger partial charge in [0.15, 0.2) is 5.96 Å². The molecule has 2 fully saturated rings. The number of thioether (sulfide) groups is 1. The molecule has 0 spiro atoms. The van der Waals surface area contributed by atoms with Crippen molar-refractivity contribution in [3.05, 3.63) is 34.9 Å². The van der Waals surface area contributed by atoms with E-state index in [0.717, 1.165) is 36.2 Å². The summed E-state index contributed by atoms with van der Waals surface area (Å²) in [7, 11) is 0. The van der Waals surface area contributed by atoms with E-state index in [0.29, 0.717) is 5.96 Å². The van der Waals surface area contributed by atoms with Gasteiger partial charge in [-0.15, -0.1) is 0 Å². The van der Waals surface area contributed by atoms with Crippen LogP contribution in [0.2, 0.25) is 5.02 Å². The van der Waals surface area contributed by atoms with Gasteiger partial charge in [-0.3, -0.25) is 4.99 Å². The average molecular weight is 310 g/mol. The van der Waals surface area contributed by atoms with Crippen LogP contribution in [0.3, 0.4) is 0 Å². The first-order valence-electron chi connectivity index (χ1n) is 7.08. The van der Waals surface area contributed by atoms with Crippen molar-refractivity contribution in [3.8, 4) is 0 Å². The summed E-state index contributed by atoms with van der Waals surface area (Å²) in [6.45, 7) is 2.82. The van der Waals surface area contributed by atoms with Crippen molar-refractivity contribution in [3.63, 3.8) is 0 Å². The Balaban J connectivity index is 1.68. The second-order valence-electron chi connectivity index (χ2n) is 5.56. The molecule has 1 saturated carbocycles. The molecule has 3 nitrogen and oxygen atoms in total. The molecule has 2 aliphatic rings. The highest BCUT2D eigenvalue weighted by Gasteiger charge is 2.44. The zero-order valence-electron chi connectivity index (χ0n) is 11.5. The maximum Gasteiger partial charge on any atom is 0.191 e. The lowest BCUT2D eigenvalue weighted by atomic mass is 9.96. The Morgan fingerprint density at radius 1 is 1.35 bits per heavy atom. The van der Waals surface area contributed by atoms with Crippen molar-refractivity contribution in [2.24, 2.45) is 10.7 Å². The molecule has 108 valence electrons. The number of rotatable bonds is 3. The maximum absolute atomic E-state index is 6.13. The van der Waals surface area contributed by atoms with Gasteiger partial charge in [-0.05, 0) is 30.5 Å². The number of nitrogens with two attached hydrogens (primary N) is 1. The predicted octanol–water partition coefficient (Wildman–Crippen LogP) is 2.74. The second-order valence-corrected chi connectivity index (χ2v) is 7.23. The summed E-state index contributed by atoms with van der Waals surface area (Å²) in [6, 6.07) is 8.16. The van der Waals surface area contributed by atoms with Crippen molar-refractivity contribution < 1.29 is 0 Å². The van der Waals surface area contributed by atoms with E-state index in [-0.39, 0.29) is 5.41 Å². The summed E-state index contributed by atoms with van der Waals surface area (Å²) in [5.41, 5.74) is 7.61. The second kappa shape index (κ2) is 5.86. The van der Waals surface area contributed by atoms with Gasteiger partial charge in [-0.2, -0.15) is 11.8 Å². The Morgan fingerprint density at radius 2 is 2.10 bits per heavy atom. The normalized spacial score (nSPS) is 21.9. The van der Waals surface area contributed by atoms with Crippen LogP contribution in [0, 0.1) is 0 Å². The quantitative estimate of drug-likeness (QED) is 0.689. The van der Waals surface area contributed by atoms with Crippen LogP contribution in [0.4, 0.5) is 0 Å². The Morgan fingerprint density at radius 3 is 2.75 bits per heavy atom. The molecule has 3 rings (SSSR count). The van der Waals surface area contributed by atoms with E-state index in [2.05, 4.69) is 22.0 Å². The van der Waals surface area contributed by atoms with Crippen LogP contribution in [0.1, 0.15) is 18.4 Å². The minimum absolute atomic E-state index is 0.181. The zero-order chi connectivity index (χ0) is 14.0. The molecule has 5 heteroatoms. The largest absolute Gasteiger partial charge is 0.370 e. The molecule has 1 heterocycles. The first-order valence-corrected chi connectivity index (χ1v) is 8.62. The molecule has 0 atom stereocenters. The average Bonchev–Trinajstić information content (AvgIpc) is 3.27. The highest BCUT2D eigenvalue weighted by atomic mass is 35.5. The molecule has 1 aliphatic heterocycles. The van der Waals surface area contributed by atoms with Crippen molar-refractivity contribution in [2.45, 2.75) is 18.3 Å². The van der Waals surface area contributed by atoms with Gasteiger partial charge in [0.25, 0.3) is 0 Å². The van der Waals surface area contributed by atoms with E-state index < -0.39 is 0 Å². The molecule has 1 aromatic carbocycles. The number of hydrogen-bond acceptors (Lipinski definition) is 2. The Bertz CT molecular complexity index is 508. The summed E-state index contributed by atoms with van der Waals surface area (Å²) in [4.78, 5) is 6.86. The summed E-state index contributed by atoms with van der Waals surface area (Å²) < 4.78 is 0. The fourth-order valence-corrected chi connectivity index (χ4v) is 3.73. The van der Waals surface area contributed by atoms with Crippen LogP contribution in [0.15, 0.2) is 29.3 Å². The van der Waals surface area contributed by atoms with Crippen LogP contribution in [0.5, 0.6) is 0 Å². The molecule has 0 aromatic heterocycles. The molecular weight excluding hydrogens is 290 g/mol. The summed E-state index contributed by atoms with van der Waals surface area (Å²) >= 11 is 8.08. The molecule has 0 amide bonds. The predicted molar refractivity (Wildman–Crippen MR) is 87.8 cm³/mol. The number of benzene rings is 1. The van der Waals surface area contributed by atoms with E-state index >= 15 is 0 Å². The fourth-order valence-electron chi connectivity index (χ4n) is 2.63. The molecule has 1 aromatic rings. The van der Waals surface area contributed by atoms with Crippen LogP contribution >= 0.6 is 23.4 Å². The van der Waals surface area contributed by atoms with E-state index in [4.69, 9.17) is 17.3 Å². The van der Waals surface area contributed by atoms with E-state index in [1.807, 2.05) is 23.9 Å². The number of hydrogen-bond donors (Lipinski definition) is 1. The van der Waals surface area contributed by atoms with Gasteiger partial charge >= 0.3 is 0 Å². The van der Waals surface area contributed by atoms with Crippen molar-refractivity contribution >= 4 is 29.3 Å². The maximum atomic E-state index is 6.13. The molecule has 20 heavy (non-hydrogen) atoms. The molecule has 0 radical (unpaired) electrons. The summed E-state index contributed by atoms with van der Waals surface area (Å²) in [6.07, 6.45) is 2.36. The minimum Gasteiger partial charge on any atom is -0.370 e. The van der Waals surface area contributed by atoms with E-state index in [1.165, 1.54) is 18.4 Å². The molecule has 0 unspecified atom stereocenters. The Hall–Kier alpha value is -0.870. The van der Waals surface area contributed by atoms with Gasteiger partial charge in [-0.25, -0.2) is 0 Å². The third-order valence-corrected chi connectivity index (χ3v) is 5.35. The Labute approximate surface area is 129 Å². The third-order valence-electron chi connectivity index (χ3n) is 4.17. The van der Waals surface area contributed by atoms with Gasteiger partial charge in [-0.1, -0.05) is 23.7 Å². The van der Waals surface area contributed by atoms with E-state index in [9.17, 15) is 0 Å². The number of halogens is 1. The monoisotopic (exact) mass is 309 g/mol. The smallest absolute Gasteiger partial charge is 0.191 e. The van der Waals surface area contributed by atoms with Crippen LogP contribution < -0.4 is 5.73 Å². The number of aliphatic imine (C=N–C) groups is 1.